The lowest BCUT2D eigenvalue weighted by atomic mass is 10.2. The van der Waals surface area contributed by atoms with Crippen molar-refractivity contribution in [3.05, 3.63) is 34.5 Å². The van der Waals surface area contributed by atoms with Gasteiger partial charge in [0.15, 0.2) is 0 Å². The van der Waals surface area contributed by atoms with Crippen molar-refractivity contribution in [1.29, 1.82) is 0 Å². The minimum atomic E-state index is 0.734. The second-order valence-corrected chi connectivity index (χ2v) is 7.18. The van der Waals surface area contributed by atoms with Gasteiger partial charge in [-0.05, 0) is 38.2 Å². The summed E-state index contributed by atoms with van der Waals surface area (Å²) in [6, 6.07) is 2.04. The Morgan fingerprint density at radius 1 is 1.11 bits per heavy atom. The predicted octanol–water partition coefficient (Wildman–Crippen LogP) is 2.12. The Morgan fingerprint density at radius 2 is 1.96 bits per heavy atom. The highest BCUT2D eigenvalue weighted by molar-refractivity contribution is 5.44. The van der Waals surface area contributed by atoms with Crippen LogP contribution >= 0.6 is 0 Å². The number of rotatable bonds is 6. The van der Waals surface area contributed by atoms with E-state index in [1.807, 2.05) is 6.07 Å². The van der Waals surface area contributed by atoms with Gasteiger partial charge in [0, 0.05) is 49.2 Å². The number of aromatic nitrogens is 4. The zero-order chi connectivity index (χ0) is 18.6. The van der Waals surface area contributed by atoms with Gasteiger partial charge in [-0.2, -0.15) is 4.98 Å². The first-order valence-corrected chi connectivity index (χ1v) is 10.0. The molecule has 1 aliphatic carbocycles. The molecule has 0 aromatic carbocycles. The summed E-state index contributed by atoms with van der Waals surface area (Å²) in [6.45, 7) is 8.14. The van der Waals surface area contributed by atoms with Crippen LogP contribution in [0.1, 0.15) is 41.8 Å². The van der Waals surface area contributed by atoms with Crippen molar-refractivity contribution in [1.82, 2.24) is 19.9 Å². The average molecular weight is 368 g/mol. The molecule has 1 aliphatic heterocycles. The van der Waals surface area contributed by atoms with Gasteiger partial charge >= 0.3 is 0 Å². The lowest BCUT2D eigenvalue weighted by Gasteiger charge is -2.27. The first-order valence-electron chi connectivity index (χ1n) is 10.0. The molecular weight excluding hydrogens is 340 g/mol. The lowest BCUT2D eigenvalue weighted by molar-refractivity contribution is 0.122. The molecule has 2 aromatic rings. The Morgan fingerprint density at radius 3 is 2.78 bits per heavy atom. The molecule has 0 bridgehead atoms. The third-order valence-electron chi connectivity index (χ3n) is 5.26. The second-order valence-electron chi connectivity index (χ2n) is 7.18. The van der Waals surface area contributed by atoms with Crippen molar-refractivity contribution in [2.45, 2.75) is 46.0 Å². The first kappa shape index (κ1) is 18.1. The maximum absolute atomic E-state index is 5.44. The van der Waals surface area contributed by atoms with E-state index in [4.69, 9.17) is 19.7 Å². The van der Waals surface area contributed by atoms with Crippen LogP contribution in [0.15, 0.2) is 6.07 Å². The van der Waals surface area contributed by atoms with Crippen molar-refractivity contribution in [3.63, 3.8) is 0 Å². The summed E-state index contributed by atoms with van der Waals surface area (Å²) in [6.07, 6.45) is 5.12. The summed E-state index contributed by atoms with van der Waals surface area (Å²) in [7, 11) is 0. The van der Waals surface area contributed by atoms with E-state index in [2.05, 4.69) is 29.0 Å². The van der Waals surface area contributed by atoms with Gasteiger partial charge in [-0.15, -0.1) is 0 Å². The summed E-state index contributed by atoms with van der Waals surface area (Å²) in [4.78, 5) is 21.1. The Bertz CT molecular complexity index is 803. The van der Waals surface area contributed by atoms with Crippen LogP contribution in [-0.4, -0.2) is 52.8 Å². The summed E-state index contributed by atoms with van der Waals surface area (Å²) in [5.74, 6) is 2.60. The summed E-state index contributed by atoms with van der Waals surface area (Å²) >= 11 is 0. The van der Waals surface area contributed by atoms with Gasteiger partial charge in [0.2, 0.25) is 5.95 Å². The fourth-order valence-corrected chi connectivity index (χ4v) is 3.76. The van der Waals surface area contributed by atoms with Crippen LogP contribution in [0.25, 0.3) is 0 Å². The molecule has 2 aliphatic rings. The van der Waals surface area contributed by atoms with Crippen molar-refractivity contribution >= 4 is 11.8 Å². The molecule has 144 valence electrons. The summed E-state index contributed by atoms with van der Waals surface area (Å²) in [5.41, 5.74) is 4.82. The topological polar surface area (TPSA) is 76.1 Å². The van der Waals surface area contributed by atoms with Crippen LogP contribution in [0.2, 0.25) is 0 Å². The molecule has 0 atom stereocenters. The fourth-order valence-electron chi connectivity index (χ4n) is 3.76. The van der Waals surface area contributed by atoms with E-state index in [0.717, 1.165) is 87.5 Å². The summed E-state index contributed by atoms with van der Waals surface area (Å²) in [5, 5.41) is 3.45. The molecule has 27 heavy (non-hydrogen) atoms. The van der Waals surface area contributed by atoms with Gasteiger partial charge in [-0.1, -0.05) is 6.92 Å². The molecule has 3 heterocycles. The third-order valence-corrected chi connectivity index (χ3v) is 5.26. The van der Waals surface area contributed by atoms with E-state index in [1.165, 1.54) is 17.7 Å². The molecule has 7 heteroatoms. The fraction of sp³-hybridized carbons (Fsp3) is 0.600. The molecule has 1 saturated heterocycles. The molecule has 0 saturated carbocycles. The number of hydrogen-bond acceptors (Lipinski definition) is 7. The largest absolute Gasteiger partial charge is 0.378 e. The molecule has 0 amide bonds. The molecule has 1 N–H and O–H groups in total. The zero-order valence-corrected chi connectivity index (χ0v) is 16.3. The molecule has 0 unspecified atom stereocenters. The number of ether oxygens (including phenoxy) is 1. The number of hydrogen-bond donors (Lipinski definition) is 1. The van der Waals surface area contributed by atoms with Crippen LogP contribution in [0.5, 0.6) is 0 Å². The SMILES string of the molecule is CCc1cc(NCCc2nc(C)c3c(n2)CCC3)nc(N2CCOCC2)n1. The van der Waals surface area contributed by atoms with Crippen molar-refractivity contribution < 1.29 is 4.74 Å². The maximum atomic E-state index is 5.44. The van der Waals surface area contributed by atoms with Gasteiger partial charge < -0.3 is 15.0 Å². The Labute approximate surface area is 160 Å². The molecular formula is C20H28N6O. The van der Waals surface area contributed by atoms with Crippen LogP contribution in [-0.2, 0) is 30.4 Å². The molecule has 0 spiro atoms. The minimum Gasteiger partial charge on any atom is -0.378 e. The Balaban J connectivity index is 1.42. The number of fused-ring (bicyclic) bond motifs is 1. The smallest absolute Gasteiger partial charge is 0.227 e. The Kier molecular flexibility index (Phi) is 5.48. The van der Waals surface area contributed by atoms with Crippen molar-refractivity contribution in [2.75, 3.05) is 43.1 Å². The number of nitrogens with zero attached hydrogens (tertiary/aromatic N) is 5. The number of aryl methyl sites for hydroxylation is 3. The lowest BCUT2D eigenvalue weighted by Crippen LogP contribution is -2.37. The maximum Gasteiger partial charge on any atom is 0.227 e. The Hall–Kier alpha value is -2.28. The van der Waals surface area contributed by atoms with Gasteiger partial charge in [0.05, 0.1) is 13.2 Å². The molecule has 2 aromatic heterocycles. The van der Waals surface area contributed by atoms with E-state index in [-0.39, 0.29) is 0 Å². The predicted molar refractivity (Wildman–Crippen MR) is 105 cm³/mol. The number of morpholine rings is 1. The van der Waals surface area contributed by atoms with Crippen molar-refractivity contribution in [3.8, 4) is 0 Å². The normalized spacial score (nSPS) is 16.4. The van der Waals surface area contributed by atoms with Crippen LogP contribution < -0.4 is 10.2 Å². The van der Waals surface area contributed by atoms with Gasteiger partial charge in [0.25, 0.3) is 0 Å². The van der Waals surface area contributed by atoms with Crippen molar-refractivity contribution in [2.24, 2.45) is 0 Å². The van der Waals surface area contributed by atoms with Gasteiger partial charge in [-0.3, -0.25) is 0 Å². The van der Waals surface area contributed by atoms with Crippen LogP contribution in [0.3, 0.4) is 0 Å². The van der Waals surface area contributed by atoms with E-state index in [0.29, 0.717) is 0 Å². The minimum absolute atomic E-state index is 0.734. The van der Waals surface area contributed by atoms with E-state index < -0.39 is 0 Å². The van der Waals surface area contributed by atoms with E-state index in [1.54, 1.807) is 0 Å². The number of anilines is 2. The van der Waals surface area contributed by atoms with Crippen LogP contribution in [0.4, 0.5) is 11.8 Å². The third kappa shape index (κ3) is 4.18. The molecule has 0 radical (unpaired) electrons. The van der Waals surface area contributed by atoms with Crippen LogP contribution in [0, 0.1) is 6.92 Å². The molecule has 7 nitrogen and oxygen atoms in total. The zero-order valence-electron chi connectivity index (χ0n) is 16.3. The van der Waals surface area contributed by atoms with Gasteiger partial charge in [0.1, 0.15) is 11.6 Å². The highest BCUT2D eigenvalue weighted by atomic mass is 16.5. The quantitative estimate of drug-likeness (QED) is 0.837. The average Bonchev–Trinajstić information content (AvgIpc) is 3.18. The highest BCUT2D eigenvalue weighted by Crippen LogP contribution is 2.22. The first-order chi connectivity index (χ1) is 13.2. The van der Waals surface area contributed by atoms with E-state index >= 15 is 0 Å². The molecule has 1 fully saturated rings. The summed E-state index contributed by atoms with van der Waals surface area (Å²) < 4.78 is 5.44. The second kappa shape index (κ2) is 8.17. The van der Waals surface area contributed by atoms with E-state index in [9.17, 15) is 0 Å². The monoisotopic (exact) mass is 368 g/mol. The molecule has 4 rings (SSSR count). The highest BCUT2D eigenvalue weighted by Gasteiger charge is 2.17. The standard InChI is InChI=1S/C20H28N6O/c1-3-15-13-19(25-20(23-15)26-9-11-27-12-10-26)21-8-7-18-22-14(2)16-5-4-6-17(16)24-18/h13H,3-12H2,1-2H3,(H,21,23,25). The van der Waals surface area contributed by atoms with Gasteiger partial charge in [-0.25, -0.2) is 15.0 Å². The number of nitrogens with one attached hydrogen (secondary N) is 1.